The number of carbonyl (C=O) groups excluding carboxylic acids is 2. The lowest BCUT2D eigenvalue weighted by atomic mass is 10.1. The fourth-order valence-electron chi connectivity index (χ4n) is 3.07. The van der Waals surface area contributed by atoms with Gasteiger partial charge in [-0.3, -0.25) is 19.7 Å². The Morgan fingerprint density at radius 2 is 1.94 bits per heavy atom. The number of benzene rings is 1. The smallest absolute Gasteiger partial charge is 0.303 e. The van der Waals surface area contributed by atoms with E-state index in [1.807, 2.05) is 0 Å². The van der Waals surface area contributed by atoms with Crippen molar-refractivity contribution in [3.63, 3.8) is 0 Å². The van der Waals surface area contributed by atoms with Crippen molar-refractivity contribution in [3.8, 4) is 0 Å². The first-order chi connectivity index (χ1) is 15.8. The number of nitrogens with zero attached hydrogens (tertiary/aromatic N) is 4. The van der Waals surface area contributed by atoms with Crippen molar-refractivity contribution in [2.75, 3.05) is 13.2 Å². The van der Waals surface area contributed by atoms with Crippen LogP contribution >= 0.6 is 0 Å². The summed E-state index contributed by atoms with van der Waals surface area (Å²) >= 11 is 0. The van der Waals surface area contributed by atoms with Crippen LogP contribution in [0.15, 0.2) is 42.6 Å². The van der Waals surface area contributed by atoms with E-state index in [1.165, 1.54) is 26.0 Å². The number of non-ortho nitro benzene ring substituents is 1. The predicted molar refractivity (Wildman–Crippen MR) is 112 cm³/mol. The van der Waals surface area contributed by atoms with Crippen molar-refractivity contribution in [1.29, 1.82) is 0 Å². The predicted octanol–water partition coefficient (Wildman–Crippen LogP) is 1.57. The molecule has 1 aromatic heterocycles. The van der Waals surface area contributed by atoms with Gasteiger partial charge >= 0.3 is 11.9 Å². The van der Waals surface area contributed by atoms with E-state index in [-0.39, 0.29) is 18.9 Å². The normalized spacial score (nSPS) is 19.8. The number of hydrogen-bond acceptors (Lipinski definition) is 10. The molecule has 0 aliphatic carbocycles. The van der Waals surface area contributed by atoms with E-state index in [9.17, 15) is 19.7 Å². The average molecular weight is 460 g/mol. The summed E-state index contributed by atoms with van der Waals surface area (Å²) < 4.78 is 23.2. The summed E-state index contributed by atoms with van der Waals surface area (Å²) in [6, 6.07) is 6.23. The quantitative estimate of drug-likeness (QED) is 0.222. The van der Waals surface area contributed by atoms with Gasteiger partial charge in [0.05, 0.1) is 23.8 Å². The monoisotopic (exact) mass is 460 g/mol. The molecule has 176 valence electrons. The molecule has 2 aromatic rings. The van der Waals surface area contributed by atoms with Crippen LogP contribution in [0, 0.1) is 10.1 Å². The van der Waals surface area contributed by atoms with Crippen LogP contribution in [0.2, 0.25) is 0 Å². The maximum absolute atomic E-state index is 11.3. The van der Waals surface area contributed by atoms with E-state index in [2.05, 4.69) is 10.3 Å². The van der Waals surface area contributed by atoms with E-state index < -0.39 is 35.4 Å². The van der Waals surface area contributed by atoms with E-state index >= 15 is 0 Å². The molecule has 0 saturated carbocycles. The highest BCUT2D eigenvalue weighted by Crippen LogP contribution is 2.18. The fourth-order valence-corrected chi connectivity index (χ4v) is 3.07. The topological polar surface area (TPSA) is 145 Å². The van der Waals surface area contributed by atoms with Crippen LogP contribution in [0.5, 0.6) is 0 Å². The van der Waals surface area contributed by atoms with Gasteiger partial charge in [0, 0.05) is 38.6 Å². The first-order valence-electron chi connectivity index (χ1n) is 10.2. The second-order valence-electron chi connectivity index (χ2n) is 7.26. The molecule has 0 fully saturated rings. The molecule has 0 spiro atoms. The highest BCUT2D eigenvalue weighted by molar-refractivity contribution is 5.66. The molecule has 12 heteroatoms. The first-order valence-corrected chi connectivity index (χ1v) is 10.2. The molecule has 0 bridgehead atoms. The zero-order valence-corrected chi connectivity index (χ0v) is 18.2. The number of nitro groups is 1. The molecule has 0 radical (unpaired) electrons. The standard InChI is InChI=1S/C21H24N4O8/c1-14(26)31-13-20-19(32-15(2)27)7-8-21(33-20)30-10-9-17-12-24(23-22-17)11-16-3-5-18(6-4-16)25(28)29/h3-8,12,19-21H,9-11,13H2,1-2H3/t19-,20+,21?/m0/s1. The summed E-state index contributed by atoms with van der Waals surface area (Å²) in [6.07, 6.45) is 3.44. The van der Waals surface area contributed by atoms with Crippen molar-refractivity contribution in [2.45, 2.75) is 45.3 Å². The molecule has 0 amide bonds. The summed E-state index contributed by atoms with van der Waals surface area (Å²) in [5.41, 5.74) is 1.59. The Bertz CT molecular complexity index is 1000. The minimum absolute atomic E-state index is 0.0310. The third-order valence-electron chi connectivity index (χ3n) is 4.60. The lowest BCUT2D eigenvalue weighted by Gasteiger charge is -2.31. The van der Waals surface area contributed by atoms with Crippen LogP contribution < -0.4 is 0 Å². The van der Waals surface area contributed by atoms with E-state index in [4.69, 9.17) is 18.9 Å². The maximum atomic E-state index is 11.3. The van der Waals surface area contributed by atoms with Crippen LogP contribution in [0.25, 0.3) is 0 Å². The van der Waals surface area contributed by atoms with Crippen LogP contribution in [0.1, 0.15) is 25.1 Å². The number of hydrogen-bond donors (Lipinski definition) is 0. The van der Waals surface area contributed by atoms with Gasteiger partial charge in [0.25, 0.3) is 5.69 Å². The zero-order chi connectivity index (χ0) is 23.8. The van der Waals surface area contributed by atoms with Gasteiger partial charge in [0.1, 0.15) is 18.8 Å². The van der Waals surface area contributed by atoms with Crippen molar-refractivity contribution < 1.29 is 33.5 Å². The molecule has 1 aliphatic rings. The summed E-state index contributed by atoms with van der Waals surface area (Å²) in [5, 5.41) is 18.9. The molecule has 3 atom stereocenters. The molecule has 1 unspecified atom stereocenters. The number of aromatic nitrogens is 3. The molecular formula is C21H24N4O8. The summed E-state index contributed by atoms with van der Waals surface area (Å²) in [6.45, 7) is 3.20. The van der Waals surface area contributed by atoms with Gasteiger partial charge in [-0.05, 0) is 17.7 Å². The van der Waals surface area contributed by atoms with Gasteiger partial charge in [-0.25, -0.2) is 4.68 Å². The Kier molecular flexibility index (Phi) is 8.22. The van der Waals surface area contributed by atoms with Crippen LogP contribution in [-0.2, 0) is 41.5 Å². The summed E-state index contributed by atoms with van der Waals surface area (Å²) in [5.74, 6) is -0.943. The molecule has 12 nitrogen and oxygen atoms in total. The molecule has 0 saturated heterocycles. The minimum atomic E-state index is -0.701. The molecule has 1 aromatic carbocycles. The van der Waals surface area contributed by atoms with Crippen molar-refractivity contribution in [1.82, 2.24) is 15.0 Å². The highest BCUT2D eigenvalue weighted by Gasteiger charge is 2.31. The number of rotatable bonds is 10. The fraction of sp³-hybridized carbons (Fsp3) is 0.429. The summed E-state index contributed by atoms with van der Waals surface area (Å²) in [7, 11) is 0. The van der Waals surface area contributed by atoms with Crippen LogP contribution in [-0.4, -0.2) is 63.6 Å². The molecule has 1 aliphatic heterocycles. The van der Waals surface area contributed by atoms with Crippen LogP contribution in [0.4, 0.5) is 5.69 Å². The highest BCUT2D eigenvalue weighted by atomic mass is 16.7. The van der Waals surface area contributed by atoms with E-state index in [0.29, 0.717) is 18.7 Å². The van der Waals surface area contributed by atoms with Crippen molar-refractivity contribution in [2.24, 2.45) is 0 Å². The van der Waals surface area contributed by atoms with Gasteiger partial charge < -0.3 is 18.9 Å². The van der Waals surface area contributed by atoms with Gasteiger partial charge in [-0.2, -0.15) is 0 Å². The number of nitro benzene ring substituents is 1. The summed E-state index contributed by atoms with van der Waals surface area (Å²) in [4.78, 5) is 32.7. The van der Waals surface area contributed by atoms with E-state index in [0.717, 1.165) is 5.56 Å². The molecule has 0 N–H and O–H groups in total. The maximum Gasteiger partial charge on any atom is 0.303 e. The lowest BCUT2D eigenvalue weighted by Crippen LogP contribution is -2.42. The van der Waals surface area contributed by atoms with Crippen LogP contribution in [0.3, 0.4) is 0 Å². The minimum Gasteiger partial charge on any atom is -0.463 e. The number of carbonyl (C=O) groups is 2. The van der Waals surface area contributed by atoms with Gasteiger partial charge in [0.15, 0.2) is 6.29 Å². The Morgan fingerprint density at radius 3 is 2.61 bits per heavy atom. The zero-order valence-electron chi connectivity index (χ0n) is 18.2. The lowest BCUT2D eigenvalue weighted by molar-refractivity contribution is -0.384. The Labute approximate surface area is 189 Å². The molecule has 3 rings (SSSR count). The van der Waals surface area contributed by atoms with Crippen molar-refractivity contribution >= 4 is 17.6 Å². The second kappa shape index (κ2) is 11.3. The largest absolute Gasteiger partial charge is 0.463 e. The first kappa shape index (κ1) is 24.0. The van der Waals surface area contributed by atoms with Gasteiger partial charge in [-0.15, -0.1) is 5.10 Å². The average Bonchev–Trinajstić information content (AvgIpc) is 3.20. The Morgan fingerprint density at radius 1 is 1.18 bits per heavy atom. The molecule has 2 heterocycles. The van der Waals surface area contributed by atoms with Gasteiger partial charge in [-0.1, -0.05) is 17.3 Å². The number of esters is 2. The second-order valence-corrected chi connectivity index (χ2v) is 7.26. The van der Waals surface area contributed by atoms with Crippen molar-refractivity contribution in [3.05, 3.63) is 64.0 Å². The third-order valence-corrected chi connectivity index (χ3v) is 4.60. The molecular weight excluding hydrogens is 436 g/mol. The Hall–Kier alpha value is -3.64. The molecule has 33 heavy (non-hydrogen) atoms. The SMILES string of the molecule is CC(=O)OC[C@H]1OC(OCCc2cn(Cc3ccc([N+](=O)[O-])cc3)nn2)C=C[C@@H]1OC(C)=O. The van der Waals surface area contributed by atoms with Gasteiger partial charge in [0.2, 0.25) is 0 Å². The third kappa shape index (κ3) is 7.47. The van der Waals surface area contributed by atoms with E-state index in [1.54, 1.807) is 35.2 Å². The number of ether oxygens (including phenoxy) is 4. The Balaban J connectivity index is 1.48.